The highest BCUT2D eigenvalue weighted by atomic mass is 16.8. The molecule has 47 nitrogen and oxygen atoms in total. The second-order valence-electron chi connectivity index (χ2n) is 26.0. The van der Waals surface area contributed by atoms with Crippen LogP contribution in [0.5, 0.6) is 0 Å². The lowest BCUT2D eigenvalue weighted by atomic mass is 9.94. The predicted octanol–water partition coefficient (Wildman–Crippen LogP) is -20.5. The number of carbonyl (C=O) groups excluding carboxylic acids is 1. The maximum absolute atomic E-state index is 12.4. The number of nitrogens with one attached hydrogen (secondary N) is 1. The van der Waals surface area contributed by atoms with E-state index in [0.717, 1.165) is 6.92 Å². The van der Waals surface area contributed by atoms with E-state index in [4.69, 9.17) is 80.5 Å². The first-order valence-electron chi connectivity index (χ1n) is 32.7. The minimum absolute atomic E-state index is 0.855. The molecule has 0 aromatic rings. The average Bonchev–Trinajstić information content (AvgIpc) is 0.772. The predicted molar refractivity (Wildman–Crippen MR) is 309 cm³/mol. The molecule has 9 rings (SSSR count). The van der Waals surface area contributed by atoms with Gasteiger partial charge in [0.25, 0.3) is 0 Å². The van der Waals surface area contributed by atoms with E-state index in [9.17, 15) is 148 Å². The third-order valence-corrected chi connectivity index (χ3v) is 19.1. The van der Waals surface area contributed by atoms with Crippen LogP contribution in [0.25, 0.3) is 0 Å². The molecule has 9 saturated heterocycles. The minimum Gasteiger partial charge on any atom is -0.394 e. The van der Waals surface area contributed by atoms with E-state index in [1.165, 1.54) is 0 Å². The summed E-state index contributed by atoms with van der Waals surface area (Å²) < 4.78 is 98.3. The van der Waals surface area contributed by atoms with E-state index in [-0.39, 0.29) is 0 Å². The van der Waals surface area contributed by atoms with Crippen LogP contribution in [0.4, 0.5) is 0 Å². The number of ether oxygens (including phenoxy) is 17. The summed E-state index contributed by atoms with van der Waals surface area (Å²) in [6.07, 6.45) is -93.2. The summed E-state index contributed by atoms with van der Waals surface area (Å²) in [4.78, 5) is 12.3. The molecule has 47 heteroatoms. The van der Waals surface area contributed by atoms with E-state index in [0.29, 0.717) is 0 Å². The molecule has 45 unspecified atom stereocenters. The lowest BCUT2D eigenvalue weighted by molar-refractivity contribution is -0.407. The summed E-state index contributed by atoms with van der Waals surface area (Å²) in [5, 5.41) is 308. The van der Waals surface area contributed by atoms with Gasteiger partial charge in [-0.3, -0.25) is 4.79 Å². The Bertz CT molecular complexity index is 2580. The zero-order valence-corrected chi connectivity index (χ0v) is 54.2. The first-order chi connectivity index (χ1) is 48.8. The molecular formula is C56H95NO46. The zero-order valence-electron chi connectivity index (χ0n) is 54.2. The molecule has 0 bridgehead atoms. The average molecular weight is 1520 g/mol. The zero-order chi connectivity index (χ0) is 75.6. The van der Waals surface area contributed by atoms with Gasteiger partial charge in [-0.25, -0.2) is 0 Å². The third kappa shape index (κ3) is 18.0. The highest BCUT2D eigenvalue weighted by molar-refractivity contribution is 5.73. The van der Waals surface area contributed by atoms with E-state index in [1.807, 2.05) is 0 Å². The maximum Gasteiger partial charge on any atom is 0.217 e. The molecule has 9 aliphatic rings. The quantitative estimate of drug-likeness (QED) is 0.0382. The van der Waals surface area contributed by atoms with Gasteiger partial charge in [-0.2, -0.15) is 0 Å². The number of hydrogen-bond donors (Lipinski definition) is 29. The van der Waals surface area contributed by atoms with Crippen LogP contribution in [0, 0.1) is 0 Å². The first-order valence-corrected chi connectivity index (χ1v) is 32.7. The Hall–Kier alpha value is -2.33. The number of hydrogen-bond acceptors (Lipinski definition) is 46. The highest BCUT2D eigenvalue weighted by Crippen LogP contribution is 2.39. The van der Waals surface area contributed by atoms with Gasteiger partial charge < -0.3 is 229 Å². The molecule has 103 heavy (non-hydrogen) atoms. The van der Waals surface area contributed by atoms with Crippen molar-refractivity contribution in [2.45, 2.75) is 283 Å². The van der Waals surface area contributed by atoms with Crippen LogP contribution >= 0.6 is 0 Å². The number of carbonyl (C=O) groups is 1. The van der Waals surface area contributed by atoms with Gasteiger partial charge in [0.05, 0.1) is 59.5 Å². The van der Waals surface area contributed by atoms with Crippen LogP contribution in [0.15, 0.2) is 0 Å². The van der Waals surface area contributed by atoms with Crippen molar-refractivity contribution in [3.8, 4) is 0 Å². The van der Waals surface area contributed by atoms with E-state index < -0.39 is 342 Å². The molecule has 9 aliphatic heterocycles. The van der Waals surface area contributed by atoms with Crippen molar-refractivity contribution < 1.29 is 228 Å². The normalized spacial score (nSPS) is 52.4. The van der Waals surface area contributed by atoms with Crippen molar-refractivity contribution in [3.05, 3.63) is 0 Å². The summed E-state index contributed by atoms with van der Waals surface area (Å²) in [6.45, 7) is -8.74. The largest absolute Gasteiger partial charge is 0.394 e. The first kappa shape index (κ1) is 84.7. The molecule has 600 valence electrons. The second kappa shape index (κ2) is 36.7. The molecule has 0 radical (unpaired) electrons. The Kier molecular flexibility index (Phi) is 30.2. The Morgan fingerprint density at radius 1 is 0.252 bits per heavy atom. The summed E-state index contributed by atoms with van der Waals surface area (Å²) in [5.74, 6) is -0.855. The Balaban J connectivity index is 1.04. The topological polar surface area (TPSA) is 752 Å². The van der Waals surface area contributed by atoms with Gasteiger partial charge >= 0.3 is 0 Å². The molecule has 0 aromatic carbocycles. The van der Waals surface area contributed by atoms with Gasteiger partial charge in [0.2, 0.25) is 5.91 Å². The fourth-order valence-corrected chi connectivity index (χ4v) is 13.1. The Morgan fingerprint density at radius 3 is 0.883 bits per heavy atom. The minimum atomic E-state index is -2.52. The van der Waals surface area contributed by atoms with Crippen LogP contribution in [0.3, 0.4) is 0 Å². The van der Waals surface area contributed by atoms with Crippen molar-refractivity contribution in [2.24, 2.45) is 0 Å². The molecule has 9 fully saturated rings. The third-order valence-electron chi connectivity index (χ3n) is 19.1. The van der Waals surface area contributed by atoms with E-state index >= 15 is 0 Å². The van der Waals surface area contributed by atoms with Gasteiger partial charge in [-0.05, 0) is 0 Å². The van der Waals surface area contributed by atoms with Gasteiger partial charge in [0.15, 0.2) is 56.6 Å². The van der Waals surface area contributed by atoms with Crippen LogP contribution in [-0.4, -0.2) is 485 Å². The lowest BCUT2D eigenvalue weighted by Gasteiger charge is -2.50. The second-order valence-corrected chi connectivity index (χ2v) is 26.0. The maximum atomic E-state index is 12.4. The number of aliphatic hydroxyl groups is 28. The van der Waals surface area contributed by atoms with Crippen molar-refractivity contribution in [1.29, 1.82) is 0 Å². The standard InChI is InChI=1S/C56H95NO46/c1-11(65)57-21-30(74)42(18(8-64)89-48(21)86)98-53-41(85)44(100-55-47(36(80)27(71)16(6-62)94-55)103-56-46(35(79)26(70)17(7-63)95-56)102-52-39(83)33(77)24(68)14(4-60)92-52)29(73)20(97-53)9-87-49-40(84)43(99-50-37(81)31(75)22(66)12(2-58)90-50)28(72)19(96-49)10-88-54-45(34(78)25(69)15(5-61)93-54)101-51-38(82)32(76)23(67)13(3-59)91-51/h12-56,58-64,66-86H,2-10H2,1H3,(H,57,65). The van der Waals surface area contributed by atoms with Crippen molar-refractivity contribution in [3.63, 3.8) is 0 Å². The smallest absolute Gasteiger partial charge is 0.217 e. The highest BCUT2D eigenvalue weighted by Gasteiger charge is 2.60. The van der Waals surface area contributed by atoms with Crippen LogP contribution in [0.1, 0.15) is 6.92 Å². The molecule has 29 N–H and O–H groups in total. The van der Waals surface area contributed by atoms with Crippen LogP contribution < -0.4 is 5.32 Å². The molecule has 0 spiro atoms. The number of aliphatic hydroxyl groups excluding tert-OH is 28. The van der Waals surface area contributed by atoms with Crippen molar-refractivity contribution in [1.82, 2.24) is 5.32 Å². The van der Waals surface area contributed by atoms with Crippen LogP contribution in [-0.2, 0) is 85.3 Å². The fraction of sp³-hybridized carbons (Fsp3) is 0.982. The molecule has 0 aromatic heterocycles. The van der Waals surface area contributed by atoms with Crippen molar-refractivity contribution >= 4 is 5.91 Å². The lowest BCUT2D eigenvalue weighted by Crippen LogP contribution is -2.69. The van der Waals surface area contributed by atoms with E-state index in [2.05, 4.69) is 5.32 Å². The van der Waals surface area contributed by atoms with Gasteiger partial charge in [-0.1, -0.05) is 0 Å². The summed E-state index contributed by atoms with van der Waals surface area (Å²) in [5.41, 5.74) is 0. The van der Waals surface area contributed by atoms with E-state index in [1.54, 1.807) is 0 Å². The SMILES string of the molecule is CC(=O)NC1C(O)OC(CO)C(OC2OC(COC3OC(COC4OC(CO)C(O)C(O)C4OC4OC(CO)C(O)C(O)C4O)C(O)C(OC4OC(CO)C(O)C(O)C4O)C3O)C(O)C(OC3OC(CO)C(O)C(O)C3OC3OC(CO)C(O)C(O)C3OC3OC(CO)C(O)C(O)C3O)C2O)C1O. The Morgan fingerprint density at radius 2 is 0.515 bits per heavy atom. The molecule has 1 amide bonds. The molecular weight excluding hydrogens is 1420 g/mol. The van der Waals surface area contributed by atoms with Crippen molar-refractivity contribution in [2.75, 3.05) is 59.5 Å². The van der Waals surface area contributed by atoms with Gasteiger partial charge in [0.1, 0.15) is 220 Å². The number of amides is 1. The van der Waals surface area contributed by atoms with Gasteiger partial charge in [0, 0.05) is 6.92 Å². The molecule has 9 heterocycles. The fourth-order valence-electron chi connectivity index (χ4n) is 13.1. The number of rotatable bonds is 26. The van der Waals surface area contributed by atoms with Crippen LogP contribution in [0.2, 0.25) is 0 Å². The summed E-state index contributed by atoms with van der Waals surface area (Å²) in [7, 11) is 0. The Labute approximate surface area is 581 Å². The summed E-state index contributed by atoms with van der Waals surface area (Å²) >= 11 is 0. The molecule has 0 saturated carbocycles. The monoisotopic (exact) mass is 1520 g/mol. The van der Waals surface area contributed by atoms with Gasteiger partial charge in [-0.15, -0.1) is 0 Å². The molecule has 45 atom stereocenters. The summed E-state index contributed by atoms with van der Waals surface area (Å²) in [6, 6.07) is -1.77. The molecule has 0 aliphatic carbocycles.